The number of aliphatic hydroxyl groups excluding tert-OH is 1. The molecule has 0 amide bonds. The number of hydrogen-bond donors (Lipinski definition) is 3. The summed E-state index contributed by atoms with van der Waals surface area (Å²) in [5, 5.41) is 10.6. The number of carbonyl (C=O) groups is 4. The molecule has 0 fully saturated rings. The molecule has 0 radical (unpaired) electrons. The van der Waals surface area contributed by atoms with E-state index >= 15 is 0 Å². The van der Waals surface area contributed by atoms with Crippen molar-refractivity contribution in [1.29, 1.82) is 0 Å². The summed E-state index contributed by atoms with van der Waals surface area (Å²) in [5.74, 6) is -2.13. The van der Waals surface area contributed by atoms with Gasteiger partial charge in [-0.2, -0.15) is 0 Å². The maximum absolute atomic E-state index is 13.0. The van der Waals surface area contributed by atoms with Crippen molar-refractivity contribution in [3.63, 3.8) is 0 Å². The third-order valence-corrected chi connectivity index (χ3v) is 17.8. The topological polar surface area (TPSA) is 237 Å². The second-order valence-electron chi connectivity index (χ2n) is 24.6. The molecule has 0 heterocycles. The van der Waals surface area contributed by atoms with Gasteiger partial charge in [0.15, 0.2) is 12.2 Å². The molecule has 3 N–H and O–H groups in total. The Hall–Kier alpha value is -1.94. The quantitative estimate of drug-likeness (QED) is 0.0222. The van der Waals surface area contributed by atoms with Crippen molar-refractivity contribution in [2.45, 2.75) is 373 Å². The standard InChI is InChI=1S/C68H132O17P2/c1-5-9-13-17-21-25-27-29-31-33-35-38-41-45-49-53-66(71)79-59-64(85-68(73)55-51-47-43-39-36-34-32-30-28-26-22-18-14-10-6-2)61-83-87(76,77)81-57-62(69)56-80-86(74,75)82-60-63(58-78-65(70)52-48-44-40-24-20-16-12-8-4)84-67(72)54-50-46-42-37-23-19-15-11-7-3/h62-64,69H,5-61H2,1-4H3,(H,74,75)(H,76,77)/t62-,63+,64+/m0/s1. The molecule has 0 aromatic rings. The molecule has 0 aliphatic heterocycles. The molecule has 5 atom stereocenters. The lowest BCUT2D eigenvalue weighted by atomic mass is 10.0. The van der Waals surface area contributed by atoms with Crippen LogP contribution in [0.5, 0.6) is 0 Å². The van der Waals surface area contributed by atoms with E-state index in [-0.39, 0.29) is 25.7 Å². The first-order chi connectivity index (χ1) is 42.2. The number of esters is 4. The van der Waals surface area contributed by atoms with Crippen molar-refractivity contribution in [3.8, 4) is 0 Å². The Balaban J connectivity index is 5.20. The fourth-order valence-corrected chi connectivity index (χ4v) is 11.9. The van der Waals surface area contributed by atoms with Gasteiger partial charge < -0.3 is 33.8 Å². The normalized spacial score (nSPS) is 14.1. The molecule has 0 rings (SSSR count). The number of phosphoric ester groups is 2. The largest absolute Gasteiger partial charge is 0.472 e. The summed E-state index contributed by atoms with van der Waals surface area (Å²) in [4.78, 5) is 72.3. The monoisotopic (exact) mass is 1280 g/mol. The molecule has 0 spiro atoms. The Bertz CT molecular complexity index is 1670. The van der Waals surface area contributed by atoms with Gasteiger partial charge in [-0.15, -0.1) is 0 Å². The van der Waals surface area contributed by atoms with Crippen LogP contribution in [-0.2, 0) is 65.4 Å². The Kier molecular flexibility index (Phi) is 61.4. The zero-order valence-corrected chi connectivity index (χ0v) is 57.8. The van der Waals surface area contributed by atoms with E-state index in [2.05, 4.69) is 27.7 Å². The average molecular weight is 1280 g/mol. The van der Waals surface area contributed by atoms with Crippen LogP contribution in [0.15, 0.2) is 0 Å². The van der Waals surface area contributed by atoms with Crippen molar-refractivity contribution >= 4 is 39.5 Å². The van der Waals surface area contributed by atoms with Crippen LogP contribution >= 0.6 is 15.6 Å². The first kappa shape index (κ1) is 85.1. The highest BCUT2D eigenvalue weighted by Crippen LogP contribution is 2.45. The third kappa shape index (κ3) is 62.6. The summed E-state index contributed by atoms with van der Waals surface area (Å²) < 4.78 is 68.1. The smallest absolute Gasteiger partial charge is 0.462 e. The van der Waals surface area contributed by atoms with Gasteiger partial charge >= 0.3 is 39.5 Å². The minimum atomic E-state index is -4.95. The molecule has 0 saturated heterocycles. The van der Waals surface area contributed by atoms with Crippen LogP contribution in [0.1, 0.15) is 355 Å². The molecule has 0 aliphatic carbocycles. The number of ether oxygens (including phenoxy) is 4. The molecule has 0 bridgehead atoms. The first-order valence-electron chi connectivity index (χ1n) is 35.8. The lowest BCUT2D eigenvalue weighted by molar-refractivity contribution is -0.161. The van der Waals surface area contributed by atoms with Crippen molar-refractivity contribution in [2.24, 2.45) is 0 Å². The minimum Gasteiger partial charge on any atom is -0.462 e. The van der Waals surface area contributed by atoms with Crippen LogP contribution in [0, 0.1) is 0 Å². The lowest BCUT2D eigenvalue weighted by Crippen LogP contribution is -2.30. The Morgan fingerprint density at radius 3 is 0.678 bits per heavy atom. The van der Waals surface area contributed by atoms with Gasteiger partial charge in [0.25, 0.3) is 0 Å². The van der Waals surface area contributed by atoms with Gasteiger partial charge in [-0.1, -0.05) is 304 Å². The van der Waals surface area contributed by atoms with E-state index in [0.29, 0.717) is 25.7 Å². The van der Waals surface area contributed by atoms with Gasteiger partial charge in [0.05, 0.1) is 26.4 Å². The molecule has 17 nitrogen and oxygen atoms in total. The molecule has 2 unspecified atom stereocenters. The first-order valence-corrected chi connectivity index (χ1v) is 38.8. The van der Waals surface area contributed by atoms with Crippen LogP contribution < -0.4 is 0 Å². The highest BCUT2D eigenvalue weighted by atomic mass is 31.2. The molecular formula is C68H132O17P2. The summed E-state index contributed by atoms with van der Waals surface area (Å²) in [5.41, 5.74) is 0. The summed E-state index contributed by atoms with van der Waals surface area (Å²) in [7, 11) is -9.89. The van der Waals surface area contributed by atoms with Gasteiger partial charge in [-0.3, -0.25) is 37.3 Å². The van der Waals surface area contributed by atoms with Gasteiger partial charge in [0.2, 0.25) is 0 Å². The van der Waals surface area contributed by atoms with Crippen LogP contribution in [0.3, 0.4) is 0 Å². The number of phosphoric acid groups is 2. The predicted octanol–water partition coefficient (Wildman–Crippen LogP) is 19.5. The number of hydrogen-bond acceptors (Lipinski definition) is 15. The maximum atomic E-state index is 13.0. The average Bonchev–Trinajstić information content (AvgIpc) is 3.52. The summed E-state index contributed by atoms with van der Waals surface area (Å²) >= 11 is 0. The van der Waals surface area contributed by atoms with Crippen molar-refractivity contribution < 1.29 is 80.2 Å². The molecular weight excluding hydrogens is 1150 g/mol. The molecule has 87 heavy (non-hydrogen) atoms. The molecule has 19 heteroatoms. The second kappa shape index (κ2) is 62.8. The van der Waals surface area contributed by atoms with Crippen LogP contribution in [-0.4, -0.2) is 96.7 Å². The number of carbonyl (C=O) groups excluding carboxylic acids is 4. The zero-order valence-electron chi connectivity index (χ0n) is 56.0. The van der Waals surface area contributed by atoms with E-state index in [4.69, 9.17) is 37.0 Å². The molecule has 0 saturated carbocycles. The van der Waals surface area contributed by atoms with E-state index in [1.165, 1.54) is 180 Å². The predicted molar refractivity (Wildman–Crippen MR) is 349 cm³/mol. The molecule has 0 aromatic heterocycles. The fraction of sp³-hybridized carbons (Fsp3) is 0.941. The van der Waals surface area contributed by atoms with E-state index in [9.17, 15) is 43.2 Å². The van der Waals surface area contributed by atoms with Gasteiger partial charge in [0.1, 0.15) is 19.3 Å². The fourth-order valence-electron chi connectivity index (χ4n) is 10.3. The van der Waals surface area contributed by atoms with Gasteiger partial charge in [-0.25, -0.2) is 9.13 Å². The second-order valence-corrected chi connectivity index (χ2v) is 27.5. The minimum absolute atomic E-state index is 0.106. The van der Waals surface area contributed by atoms with E-state index in [1.54, 1.807) is 0 Å². The summed E-state index contributed by atoms with van der Waals surface area (Å²) in [6.07, 6.45) is 49.9. The van der Waals surface area contributed by atoms with Crippen molar-refractivity contribution in [2.75, 3.05) is 39.6 Å². The highest BCUT2D eigenvalue weighted by molar-refractivity contribution is 7.47. The molecule has 0 aromatic carbocycles. The van der Waals surface area contributed by atoms with Gasteiger partial charge in [-0.05, 0) is 25.7 Å². The Morgan fingerprint density at radius 2 is 0.460 bits per heavy atom. The van der Waals surface area contributed by atoms with Crippen molar-refractivity contribution in [1.82, 2.24) is 0 Å². The third-order valence-electron chi connectivity index (χ3n) is 15.9. The highest BCUT2D eigenvalue weighted by Gasteiger charge is 2.30. The van der Waals surface area contributed by atoms with E-state index < -0.39 is 97.5 Å². The molecule has 0 aliphatic rings. The van der Waals surface area contributed by atoms with Crippen LogP contribution in [0.2, 0.25) is 0 Å². The summed E-state index contributed by atoms with van der Waals surface area (Å²) in [6.45, 7) is 4.89. The van der Waals surface area contributed by atoms with Crippen LogP contribution in [0.4, 0.5) is 0 Å². The SMILES string of the molecule is CCCCCCCCCCCCCCCCCC(=O)OC[C@H](COP(=O)(O)OC[C@@H](O)COP(=O)(O)OC[C@@H](COC(=O)CCCCCCCCCC)OC(=O)CCCCCCCCCCC)OC(=O)CCCCCCCCCCCCCCCCC. The van der Waals surface area contributed by atoms with E-state index in [0.717, 1.165) is 96.3 Å². The lowest BCUT2D eigenvalue weighted by Gasteiger charge is -2.21. The Labute approximate surface area is 530 Å². The number of aliphatic hydroxyl groups is 1. The number of unbranched alkanes of at least 4 members (excludes halogenated alkanes) is 43. The molecule has 516 valence electrons. The van der Waals surface area contributed by atoms with E-state index in [1.807, 2.05) is 0 Å². The van der Waals surface area contributed by atoms with Crippen LogP contribution in [0.25, 0.3) is 0 Å². The number of rotatable bonds is 69. The maximum Gasteiger partial charge on any atom is 0.472 e. The Morgan fingerprint density at radius 1 is 0.276 bits per heavy atom. The summed E-state index contributed by atoms with van der Waals surface area (Å²) in [6, 6.07) is 0. The van der Waals surface area contributed by atoms with Gasteiger partial charge in [0, 0.05) is 25.7 Å². The zero-order chi connectivity index (χ0) is 64.0. The van der Waals surface area contributed by atoms with Crippen molar-refractivity contribution in [3.05, 3.63) is 0 Å².